The monoisotopic (exact) mass is 463 g/mol. The van der Waals surface area contributed by atoms with Crippen LogP contribution < -0.4 is 14.9 Å². The number of rotatable bonds is 7. The Hall–Kier alpha value is -2.81. The number of benzene rings is 1. The molecule has 1 aromatic heterocycles. The van der Waals surface area contributed by atoms with Gasteiger partial charge in [0, 0.05) is 30.1 Å². The molecule has 0 aliphatic carbocycles. The number of hydrogen-bond acceptors (Lipinski definition) is 6. The molecular formula is C23H29NO7S. The predicted molar refractivity (Wildman–Crippen MR) is 122 cm³/mol. The first-order chi connectivity index (χ1) is 14.8. The minimum atomic E-state index is -3.06. The van der Waals surface area contributed by atoms with E-state index in [-0.39, 0.29) is 29.4 Å². The van der Waals surface area contributed by atoms with E-state index in [0.29, 0.717) is 30.0 Å². The molecule has 1 aromatic carbocycles. The Morgan fingerprint density at radius 1 is 1.22 bits per heavy atom. The molecule has 0 spiro atoms. The minimum Gasteiger partial charge on any atom is -0.493 e. The Kier molecular flexibility index (Phi) is 6.42. The zero-order chi connectivity index (χ0) is 23.8. The van der Waals surface area contributed by atoms with E-state index in [1.807, 2.05) is 10.6 Å². The van der Waals surface area contributed by atoms with Gasteiger partial charge in [-0.15, -0.1) is 0 Å². The van der Waals surface area contributed by atoms with Crippen LogP contribution in [0.1, 0.15) is 49.2 Å². The summed E-state index contributed by atoms with van der Waals surface area (Å²) in [5.41, 5.74) is 1.33. The maximum Gasteiger partial charge on any atom is 0.341 e. The second-order valence-corrected chi connectivity index (χ2v) is 11.5. The van der Waals surface area contributed by atoms with Gasteiger partial charge in [-0.2, -0.15) is 0 Å². The molecule has 9 heteroatoms. The Bertz CT molecular complexity index is 1210. The topological polar surface area (TPSA) is 112 Å². The van der Waals surface area contributed by atoms with Gasteiger partial charge in [0.15, 0.2) is 16.9 Å². The molecule has 1 atom stereocenters. The number of fused-ring (bicyclic) bond motifs is 3. The molecule has 1 unspecified atom stereocenters. The van der Waals surface area contributed by atoms with Crippen molar-refractivity contribution in [3.05, 3.63) is 45.7 Å². The normalized spacial score (nSPS) is 15.6. The Morgan fingerprint density at radius 2 is 1.91 bits per heavy atom. The highest BCUT2D eigenvalue weighted by molar-refractivity contribution is 7.90. The molecule has 0 radical (unpaired) electrons. The van der Waals surface area contributed by atoms with E-state index in [1.165, 1.54) is 25.6 Å². The fourth-order valence-electron chi connectivity index (χ4n) is 4.00. The molecular weight excluding hydrogens is 434 g/mol. The summed E-state index contributed by atoms with van der Waals surface area (Å²) in [6.45, 7) is 6.42. The van der Waals surface area contributed by atoms with Crippen molar-refractivity contribution in [3.8, 4) is 22.8 Å². The van der Waals surface area contributed by atoms with Crippen LogP contribution in [-0.4, -0.2) is 49.8 Å². The van der Waals surface area contributed by atoms with Crippen LogP contribution in [0.4, 0.5) is 0 Å². The smallest absolute Gasteiger partial charge is 0.341 e. The fourth-order valence-corrected chi connectivity index (χ4v) is 4.64. The molecule has 1 aliphatic heterocycles. The summed E-state index contributed by atoms with van der Waals surface area (Å²) in [5.74, 6) is -0.252. The number of aromatic nitrogens is 1. The molecule has 0 saturated carbocycles. The lowest BCUT2D eigenvalue weighted by atomic mass is 9.78. The molecule has 1 N–H and O–H groups in total. The zero-order valence-corrected chi connectivity index (χ0v) is 19.8. The highest BCUT2D eigenvalue weighted by Gasteiger charge is 2.34. The summed E-state index contributed by atoms with van der Waals surface area (Å²) in [5, 5.41) is 9.44. The quantitative estimate of drug-likeness (QED) is 0.628. The maximum absolute atomic E-state index is 12.5. The number of carboxylic acid groups (broad SMARTS) is 1. The molecule has 0 saturated heterocycles. The van der Waals surface area contributed by atoms with Crippen LogP contribution in [0.5, 0.6) is 11.5 Å². The zero-order valence-electron chi connectivity index (χ0n) is 19.0. The average molecular weight is 464 g/mol. The van der Waals surface area contributed by atoms with Gasteiger partial charge >= 0.3 is 5.97 Å². The number of nitrogens with zero attached hydrogens (tertiary/aromatic N) is 1. The van der Waals surface area contributed by atoms with Crippen LogP contribution in [0.3, 0.4) is 0 Å². The van der Waals surface area contributed by atoms with Crippen molar-refractivity contribution in [1.82, 2.24) is 4.57 Å². The van der Waals surface area contributed by atoms with Crippen molar-refractivity contribution in [1.29, 1.82) is 0 Å². The van der Waals surface area contributed by atoms with E-state index in [1.54, 1.807) is 6.07 Å². The first-order valence-electron chi connectivity index (χ1n) is 10.3. The Labute approximate surface area is 187 Å². The first-order valence-corrected chi connectivity index (χ1v) is 12.4. The maximum atomic E-state index is 12.5. The Morgan fingerprint density at radius 3 is 2.47 bits per heavy atom. The second kappa shape index (κ2) is 8.61. The van der Waals surface area contributed by atoms with Crippen molar-refractivity contribution in [2.24, 2.45) is 5.41 Å². The highest BCUT2D eigenvalue weighted by atomic mass is 32.2. The van der Waals surface area contributed by atoms with Crippen molar-refractivity contribution in [2.75, 3.05) is 25.7 Å². The van der Waals surface area contributed by atoms with Gasteiger partial charge in [0.25, 0.3) is 0 Å². The molecule has 0 bridgehead atoms. The van der Waals surface area contributed by atoms with Crippen LogP contribution in [0.25, 0.3) is 11.3 Å². The number of pyridine rings is 1. The third kappa shape index (κ3) is 4.98. The highest BCUT2D eigenvalue weighted by Crippen LogP contribution is 2.45. The SMILES string of the molecule is COc1cc2c(cc1OCCCS(C)(=O)=O)CC(C(C)(C)C)n1cc(C(=O)O)c(=O)cc1-2. The van der Waals surface area contributed by atoms with Gasteiger partial charge in [0.1, 0.15) is 15.4 Å². The summed E-state index contributed by atoms with van der Waals surface area (Å²) in [7, 11) is -1.56. The molecule has 8 nitrogen and oxygen atoms in total. The van der Waals surface area contributed by atoms with Crippen molar-refractivity contribution in [3.63, 3.8) is 0 Å². The summed E-state index contributed by atoms with van der Waals surface area (Å²) in [4.78, 5) is 24.0. The molecule has 32 heavy (non-hydrogen) atoms. The van der Waals surface area contributed by atoms with Gasteiger partial charge < -0.3 is 19.1 Å². The van der Waals surface area contributed by atoms with Crippen LogP contribution >= 0.6 is 0 Å². The van der Waals surface area contributed by atoms with E-state index in [0.717, 1.165) is 11.1 Å². The van der Waals surface area contributed by atoms with Crippen molar-refractivity contribution in [2.45, 2.75) is 39.7 Å². The van der Waals surface area contributed by atoms with Crippen LogP contribution in [0.15, 0.2) is 29.2 Å². The summed E-state index contributed by atoms with van der Waals surface area (Å²) >= 11 is 0. The lowest BCUT2D eigenvalue weighted by Crippen LogP contribution is -2.32. The van der Waals surface area contributed by atoms with Gasteiger partial charge in [0.05, 0.1) is 25.2 Å². The lowest BCUT2D eigenvalue weighted by Gasteiger charge is -2.39. The van der Waals surface area contributed by atoms with Gasteiger partial charge in [0.2, 0.25) is 0 Å². The molecule has 174 valence electrons. The molecule has 2 heterocycles. The van der Waals surface area contributed by atoms with E-state index in [9.17, 15) is 23.1 Å². The van der Waals surface area contributed by atoms with E-state index < -0.39 is 21.2 Å². The van der Waals surface area contributed by atoms with Crippen LogP contribution in [-0.2, 0) is 16.3 Å². The standard InChI is InChI=1S/C23H29NO7S/c1-23(2,3)21-10-14-9-20(31-7-6-8-32(5,28)29)19(30-4)11-15(14)17-12-18(25)16(22(26)27)13-24(17)21/h9,11-13,21H,6-8,10H2,1-5H3,(H,26,27). The predicted octanol–water partition coefficient (Wildman–Crippen LogP) is 3.18. The van der Waals surface area contributed by atoms with Gasteiger partial charge in [-0.25, -0.2) is 13.2 Å². The van der Waals surface area contributed by atoms with Crippen molar-refractivity contribution >= 4 is 15.8 Å². The fraction of sp³-hybridized carbons (Fsp3) is 0.478. The summed E-state index contributed by atoms with van der Waals surface area (Å²) < 4.78 is 35.9. The van der Waals surface area contributed by atoms with E-state index in [4.69, 9.17) is 9.47 Å². The number of sulfone groups is 1. The van der Waals surface area contributed by atoms with Crippen LogP contribution in [0, 0.1) is 5.41 Å². The van der Waals surface area contributed by atoms with Crippen LogP contribution in [0.2, 0.25) is 0 Å². The largest absolute Gasteiger partial charge is 0.493 e. The number of carbonyl (C=O) groups is 1. The number of methoxy groups -OCH3 is 1. The second-order valence-electron chi connectivity index (χ2n) is 9.23. The lowest BCUT2D eigenvalue weighted by molar-refractivity contribution is 0.0693. The van der Waals surface area contributed by atoms with Gasteiger partial charge in [-0.1, -0.05) is 20.8 Å². The molecule has 3 rings (SSSR count). The summed E-state index contributed by atoms with van der Waals surface area (Å²) in [6.07, 6.45) is 3.59. The average Bonchev–Trinajstić information content (AvgIpc) is 2.67. The first kappa shape index (κ1) is 23.8. The number of ether oxygens (including phenoxy) is 2. The number of aromatic carboxylic acids is 1. The van der Waals surface area contributed by atoms with Crippen molar-refractivity contribution < 1.29 is 27.8 Å². The third-order valence-electron chi connectivity index (χ3n) is 5.64. The van der Waals surface area contributed by atoms with Gasteiger partial charge in [-0.3, -0.25) is 4.79 Å². The van der Waals surface area contributed by atoms with E-state index >= 15 is 0 Å². The molecule has 0 fully saturated rings. The Balaban J connectivity index is 2.08. The molecule has 0 amide bonds. The molecule has 2 aromatic rings. The summed E-state index contributed by atoms with van der Waals surface area (Å²) in [6, 6.07) is 4.93. The minimum absolute atomic E-state index is 0.0363. The van der Waals surface area contributed by atoms with E-state index in [2.05, 4.69) is 20.8 Å². The number of hydrogen-bond donors (Lipinski definition) is 1. The number of carboxylic acids is 1. The van der Waals surface area contributed by atoms with Gasteiger partial charge in [-0.05, 0) is 36.0 Å². The third-order valence-corrected chi connectivity index (χ3v) is 6.67. The molecule has 1 aliphatic rings.